The van der Waals surface area contributed by atoms with Crippen LogP contribution in [0.5, 0.6) is 0 Å². The van der Waals surface area contributed by atoms with Gasteiger partial charge in [-0.1, -0.05) is 12.1 Å². The molecule has 0 spiro atoms. The molecular weight excluding hydrogens is 222 g/mol. The van der Waals surface area contributed by atoms with Crippen molar-refractivity contribution < 1.29 is 10.0 Å². The van der Waals surface area contributed by atoms with E-state index in [1.807, 2.05) is 6.92 Å². The Hall–Kier alpha value is -2.18. The largest absolute Gasteiger partial charge is 0.409 e. The average molecular weight is 237 g/mol. The molecule has 0 aliphatic carbocycles. The third kappa shape index (κ3) is 4.06. The molecule has 4 N–H and O–H groups in total. The van der Waals surface area contributed by atoms with Gasteiger partial charge in [-0.3, -0.25) is 4.79 Å². The van der Waals surface area contributed by atoms with Crippen molar-refractivity contribution in [3.63, 3.8) is 0 Å². The summed E-state index contributed by atoms with van der Waals surface area (Å²) in [4.78, 5) is 19.3. The Morgan fingerprint density at radius 2 is 2.24 bits per heavy atom. The smallest absolute Gasteiger partial charge is 0.254 e. The van der Waals surface area contributed by atoms with E-state index in [0.29, 0.717) is 18.4 Å². The lowest BCUT2D eigenvalue weighted by molar-refractivity contribution is 0.0936. The van der Waals surface area contributed by atoms with Gasteiger partial charge in [-0.15, -0.1) is 0 Å². The van der Waals surface area contributed by atoms with Crippen LogP contribution in [0.4, 0.5) is 0 Å². The maximum atomic E-state index is 11.7. The zero-order valence-electron chi connectivity index (χ0n) is 9.50. The van der Waals surface area contributed by atoms with Crippen molar-refractivity contribution in [2.24, 2.45) is 10.9 Å². The van der Waals surface area contributed by atoms with E-state index in [0.717, 1.165) is 0 Å². The molecule has 0 aromatic carbocycles. The molecule has 1 amide bonds. The first-order valence-electron chi connectivity index (χ1n) is 5.19. The number of rotatable bonds is 5. The highest BCUT2D eigenvalue weighted by atomic mass is 16.4. The SMILES string of the molecule is CCC(CC(N)=NO)NC(=O)c1cncnc1. The molecule has 1 aromatic heterocycles. The second-order valence-corrected chi connectivity index (χ2v) is 3.50. The maximum absolute atomic E-state index is 11.7. The molecule has 0 aliphatic heterocycles. The van der Waals surface area contributed by atoms with E-state index in [2.05, 4.69) is 20.4 Å². The lowest BCUT2D eigenvalue weighted by Gasteiger charge is -2.15. The molecule has 0 saturated heterocycles. The number of hydrogen-bond donors (Lipinski definition) is 3. The van der Waals surface area contributed by atoms with Gasteiger partial charge >= 0.3 is 0 Å². The van der Waals surface area contributed by atoms with Crippen molar-refractivity contribution in [1.82, 2.24) is 15.3 Å². The number of oxime groups is 1. The van der Waals surface area contributed by atoms with Crippen molar-refractivity contribution >= 4 is 11.7 Å². The molecule has 1 unspecified atom stereocenters. The number of carbonyl (C=O) groups excluding carboxylic acids is 1. The Morgan fingerprint density at radius 1 is 1.59 bits per heavy atom. The summed E-state index contributed by atoms with van der Waals surface area (Å²) in [6, 6.07) is -0.182. The van der Waals surface area contributed by atoms with E-state index < -0.39 is 0 Å². The second-order valence-electron chi connectivity index (χ2n) is 3.50. The number of nitrogens with one attached hydrogen (secondary N) is 1. The summed E-state index contributed by atoms with van der Waals surface area (Å²) in [6.45, 7) is 1.90. The van der Waals surface area contributed by atoms with E-state index in [1.165, 1.54) is 18.7 Å². The van der Waals surface area contributed by atoms with Crippen LogP contribution in [0.25, 0.3) is 0 Å². The van der Waals surface area contributed by atoms with Gasteiger partial charge < -0.3 is 16.3 Å². The molecule has 1 aromatic rings. The first kappa shape index (κ1) is 12.9. The Morgan fingerprint density at radius 3 is 2.76 bits per heavy atom. The Kier molecular flexibility index (Phi) is 4.86. The maximum Gasteiger partial charge on any atom is 0.254 e. The van der Waals surface area contributed by atoms with E-state index in [9.17, 15) is 4.79 Å². The van der Waals surface area contributed by atoms with Crippen LogP contribution in [0.1, 0.15) is 30.1 Å². The first-order valence-corrected chi connectivity index (χ1v) is 5.19. The molecule has 0 bridgehead atoms. The first-order chi connectivity index (χ1) is 8.17. The van der Waals surface area contributed by atoms with Gasteiger partial charge in [-0.25, -0.2) is 9.97 Å². The molecule has 17 heavy (non-hydrogen) atoms. The molecule has 92 valence electrons. The van der Waals surface area contributed by atoms with Gasteiger partial charge in [0.25, 0.3) is 5.91 Å². The average Bonchev–Trinajstić information content (AvgIpc) is 2.38. The predicted octanol–water partition coefficient (Wildman–Crippen LogP) is 0.122. The summed E-state index contributed by atoms with van der Waals surface area (Å²) in [7, 11) is 0. The Bertz CT molecular complexity index is 393. The molecule has 7 nitrogen and oxygen atoms in total. The molecule has 1 heterocycles. The highest BCUT2D eigenvalue weighted by molar-refractivity contribution is 5.94. The minimum absolute atomic E-state index is 0.0847. The third-order valence-corrected chi connectivity index (χ3v) is 2.23. The van der Waals surface area contributed by atoms with Crippen molar-refractivity contribution in [3.05, 3.63) is 24.3 Å². The fourth-order valence-corrected chi connectivity index (χ4v) is 1.28. The zero-order valence-corrected chi connectivity index (χ0v) is 9.50. The van der Waals surface area contributed by atoms with Crippen LogP contribution >= 0.6 is 0 Å². The topological polar surface area (TPSA) is 113 Å². The van der Waals surface area contributed by atoms with Crippen LogP contribution in [0, 0.1) is 0 Å². The standard InChI is InChI=1S/C10H15N5O2/c1-2-8(3-9(11)15-17)14-10(16)7-4-12-6-13-5-7/h4-6,8,17H,2-3H2,1H3,(H2,11,15)(H,14,16). The highest BCUT2D eigenvalue weighted by Gasteiger charge is 2.13. The third-order valence-electron chi connectivity index (χ3n) is 2.23. The fourth-order valence-electron chi connectivity index (χ4n) is 1.28. The van der Waals surface area contributed by atoms with Gasteiger partial charge in [-0.05, 0) is 6.42 Å². The Labute approximate surface area is 98.8 Å². The normalized spacial score (nSPS) is 13.1. The fraction of sp³-hybridized carbons (Fsp3) is 0.400. The summed E-state index contributed by atoms with van der Waals surface area (Å²) in [5, 5.41) is 14.1. The molecule has 0 saturated carbocycles. The number of amidine groups is 1. The molecule has 0 aliphatic rings. The van der Waals surface area contributed by atoms with Crippen molar-refractivity contribution in [1.29, 1.82) is 0 Å². The van der Waals surface area contributed by atoms with Gasteiger partial charge in [0, 0.05) is 24.9 Å². The number of hydrogen-bond acceptors (Lipinski definition) is 5. The summed E-state index contributed by atoms with van der Waals surface area (Å²) >= 11 is 0. The van der Waals surface area contributed by atoms with E-state index >= 15 is 0 Å². The number of carbonyl (C=O) groups is 1. The van der Waals surface area contributed by atoms with E-state index in [4.69, 9.17) is 10.9 Å². The number of aromatic nitrogens is 2. The lowest BCUT2D eigenvalue weighted by Crippen LogP contribution is -2.37. The molecule has 7 heteroatoms. The summed E-state index contributed by atoms with van der Waals surface area (Å²) < 4.78 is 0. The van der Waals surface area contributed by atoms with Gasteiger partial charge in [0.15, 0.2) is 0 Å². The summed E-state index contributed by atoms with van der Waals surface area (Å²) in [5.74, 6) is -0.190. The van der Waals surface area contributed by atoms with E-state index in [-0.39, 0.29) is 17.8 Å². The summed E-state index contributed by atoms with van der Waals surface area (Å²) in [6.07, 6.45) is 5.18. The zero-order chi connectivity index (χ0) is 12.7. The number of nitrogens with two attached hydrogens (primary N) is 1. The minimum Gasteiger partial charge on any atom is -0.409 e. The van der Waals surface area contributed by atoms with E-state index in [1.54, 1.807) is 0 Å². The van der Waals surface area contributed by atoms with Crippen LogP contribution in [-0.2, 0) is 0 Å². The van der Waals surface area contributed by atoms with Crippen LogP contribution < -0.4 is 11.1 Å². The van der Waals surface area contributed by atoms with Crippen molar-refractivity contribution in [2.45, 2.75) is 25.8 Å². The van der Waals surface area contributed by atoms with Gasteiger partial charge in [0.05, 0.1) is 5.56 Å². The van der Waals surface area contributed by atoms with Crippen LogP contribution in [0.2, 0.25) is 0 Å². The lowest BCUT2D eigenvalue weighted by atomic mass is 10.1. The van der Waals surface area contributed by atoms with Gasteiger partial charge in [0.1, 0.15) is 12.2 Å². The Balaban J connectivity index is 2.60. The van der Waals surface area contributed by atoms with Crippen molar-refractivity contribution in [3.8, 4) is 0 Å². The molecule has 0 fully saturated rings. The van der Waals surface area contributed by atoms with Gasteiger partial charge in [-0.2, -0.15) is 0 Å². The van der Waals surface area contributed by atoms with Gasteiger partial charge in [0.2, 0.25) is 0 Å². The van der Waals surface area contributed by atoms with Crippen molar-refractivity contribution in [2.75, 3.05) is 0 Å². The predicted molar refractivity (Wildman–Crippen MR) is 61.6 cm³/mol. The molecule has 1 rings (SSSR count). The van der Waals surface area contributed by atoms with Crippen LogP contribution in [0.15, 0.2) is 23.9 Å². The minimum atomic E-state index is -0.275. The second kappa shape index (κ2) is 6.41. The highest BCUT2D eigenvalue weighted by Crippen LogP contribution is 2.01. The monoisotopic (exact) mass is 237 g/mol. The molecule has 1 atom stereocenters. The van der Waals surface area contributed by atoms with Crippen LogP contribution in [0.3, 0.4) is 0 Å². The summed E-state index contributed by atoms with van der Waals surface area (Å²) in [5.41, 5.74) is 5.77. The molecule has 0 radical (unpaired) electrons. The number of nitrogens with zero attached hydrogens (tertiary/aromatic N) is 3. The number of amides is 1. The molecular formula is C10H15N5O2. The van der Waals surface area contributed by atoms with Crippen LogP contribution in [-0.4, -0.2) is 33.0 Å². The quantitative estimate of drug-likeness (QED) is 0.291.